The number of likely N-dealkylation sites (N-methyl/N-ethyl adjacent to an activating group) is 1. The predicted molar refractivity (Wildman–Crippen MR) is 454 cm³/mol. The highest BCUT2D eigenvalue weighted by Crippen LogP contribution is 2.43. The maximum Gasteiger partial charge on any atom is 0.472 e. The smallest absolute Gasteiger partial charge is 0.462 e. The molecule has 9 nitrogen and oxygen atoms in total. The summed E-state index contributed by atoms with van der Waals surface area (Å²) in [6.07, 6.45) is 124. The first-order valence-corrected chi connectivity index (χ1v) is 44.7. The van der Waals surface area contributed by atoms with E-state index in [9.17, 15) is 19.0 Å². The summed E-state index contributed by atoms with van der Waals surface area (Å²) in [4.78, 5) is 36.0. The van der Waals surface area contributed by atoms with Gasteiger partial charge in [0.2, 0.25) is 0 Å². The molecule has 0 heterocycles. The zero-order valence-corrected chi connectivity index (χ0v) is 69.1. The molecular formula is C94H163NO8P+. The van der Waals surface area contributed by atoms with Crippen molar-refractivity contribution in [1.82, 2.24) is 0 Å². The van der Waals surface area contributed by atoms with Crippen LogP contribution >= 0.6 is 7.82 Å². The molecule has 0 saturated heterocycles. The Labute approximate surface area is 643 Å². The molecule has 0 aliphatic rings. The maximum absolute atomic E-state index is 12.9. The van der Waals surface area contributed by atoms with E-state index >= 15 is 0 Å². The highest BCUT2D eigenvalue weighted by molar-refractivity contribution is 7.47. The summed E-state index contributed by atoms with van der Waals surface area (Å²) < 4.78 is 34.8. The molecule has 10 heteroatoms. The van der Waals surface area contributed by atoms with Gasteiger partial charge in [-0.05, 0) is 128 Å². The fourth-order valence-corrected chi connectivity index (χ4v) is 12.7. The third kappa shape index (κ3) is 86.5. The molecule has 0 saturated carbocycles. The molecule has 2 atom stereocenters. The lowest BCUT2D eigenvalue weighted by molar-refractivity contribution is -0.870. The summed E-state index contributed by atoms with van der Waals surface area (Å²) in [6.45, 7) is 4.32. The molecule has 596 valence electrons. The first-order chi connectivity index (χ1) is 51.0. The van der Waals surface area contributed by atoms with Crippen molar-refractivity contribution in [2.45, 2.75) is 380 Å². The number of hydrogen-bond acceptors (Lipinski definition) is 7. The van der Waals surface area contributed by atoms with Gasteiger partial charge in [-0.25, -0.2) is 4.57 Å². The number of ether oxygens (including phenoxy) is 2. The predicted octanol–water partition coefficient (Wildman–Crippen LogP) is 29.4. The molecule has 0 fully saturated rings. The number of allylic oxidation sites excluding steroid dienone is 26. The average molecular weight is 1470 g/mol. The largest absolute Gasteiger partial charge is 0.472 e. The van der Waals surface area contributed by atoms with E-state index in [-0.39, 0.29) is 32.0 Å². The maximum atomic E-state index is 12.9. The molecule has 0 rings (SSSR count). The zero-order valence-electron chi connectivity index (χ0n) is 68.2. The second kappa shape index (κ2) is 82.7. The zero-order chi connectivity index (χ0) is 75.4. The molecule has 104 heavy (non-hydrogen) atoms. The highest BCUT2D eigenvalue weighted by Gasteiger charge is 2.27. The van der Waals surface area contributed by atoms with Crippen LogP contribution in [0.1, 0.15) is 373 Å². The van der Waals surface area contributed by atoms with Crippen LogP contribution in [-0.2, 0) is 32.7 Å². The van der Waals surface area contributed by atoms with Crippen LogP contribution in [0.15, 0.2) is 158 Å². The number of carbonyl (C=O) groups excluding carboxylic acids is 2. The van der Waals surface area contributed by atoms with Crippen LogP contribution in [0, 0.1) is 0 Å². The molecule has 0 spiro atoms. The topological polar surface area (TPSA) is 108 Å². The monoisotopic (exact) mass is 1470 g/mol. The van der Waals surface area contributed by atoms with Crippen LogP contribution in [-0.4, -0.2) is 74.9 Å². The van der Waals surface area contributed by atoms with Gasteiger partial charge in [-0.3, -0.25) is 18.6 Å². The molecule has 2 unspecified atom stereocenters. The van der Waals surface area contributed by atoms with Gasteiger partial charge < -0.3 is 18.9 Å². The van der Waals surface area contributed by atoms with Gasteiger partial charge in [0, 0.05) is 12.8 Å². The highest BCUT2D eigenvalue weighted by atomic mass is 31.2. The second-order valence-corrected chi connectivity index (χ2v) is 31.3. The van der Waals surface area contributed by atoms with Gasteiger partial charge >= 0.3 is 19.8 Å². The number of phosphoric ester groups is 1. The summed E-state index contributed by atoms with van der Waals surface area (Å²) in [6, 6.07) is 0. The van der Waals surface area contributed by atoms with Gasteiger partial charge in [0.15, 0.2) is 6.10 Å². The Balaban J connectivity index is 3.99. The number of rotatable bonds is 79. The molecule has 0 amide bonds. The molecule has 1 N–H and O–H groups in total. The van der Waals surface area contributed by atoms with Crippen molar-refractivity contribution in [3.05, 3.63) is 158 Å². The van der Waals surface area contributed by atoms with Crippen molar-refractivity contribution in [1.29, 1.82) is 0 Å². The molecule has 0 radical (unpaired) electrons. The third-order valence-corrected chi connectivity index (χ3v) is 19.5. The van der Waals surface area contributed by atoms with Crippen LogP contribution in [0.2, 0.25) is 0 Å². The van der Waals surface area contributed by atoms with E-state index in [1.54, 1.807) is 0 Å². The van der Waals surface area contributed by atoms with Gasteiger partial charge in [-0.1, -0.05) is 390 Å². The van der Waals surface area contributed by atoms with Gasteiger partial charge in [0.05, 0.1) is 27.7 Å². The van der Waals surface area contributed by atoms with E-state index in [1.807, 2.05) is 21.1 Å². The van der Waals surface area contributed by atoms with Crippen molar-refractivity contribution in [3.8, 4) is 0 Å². The lowest BCUT2D eigenvalue weighted by Crippen LogP contribution is -2.37. The van der Waals surface area contributed by atoms with E-state index in [1.165, 1.54) is 218 Å². The first kappa shape index (κ1) is 99.6. The Morgan fingerprint density at radius 2 is 0.548 bits per heavy atom. The number of quaternary nitrogens is 1. The normalized spacial score (nSPS) is 13.8. The quantitative estimate of drug-likeness (QED) is 0.0211. The van der Waals surface area contributed by atoms with Crippen molar-refractivity contribution < 1.29 is 42.1 Å². The fourth-order valence-electron chi connectivity index (χ4n) is 12.0. The number of unbranched alkanes of at least 4 members (excludes halogenated alkanes) is 39. The molecule has 0 bridgehead atoms. The Morgan fingerprint density at radius 3 is 0.817 bits per heavy atom. The van der Waals surface area contributed by atoms with Crippen LogP contribution in [0.25, 0.3) is 0 Å². The van der Waals surface area contributed by atoms with Crippen molar-refractivity contribution in [2.24, 2.45) is 0 Å². The summed E-state index contributed by atoms with van der Waals surface area (Å²) in [5.74, 6) is -0.805. The molecule has 0 aliphatic carbocycles. The summed E-state index contributed by atoms with van der Waals surface area (Å²) >= 11 is 0. The first-order valence-electron chi connectivity index (χ1n) is 43.2. The van der Waals surface area contributed by atoms with Crippen LogP contribution < -0.4 is 0 Å². The Morgan fingerprint density at radius 1 is 0.308 bits per heavy atom. The van der Waals surface area contributed by atoms with Crippen LogP contribution in [0.3, 0.4) is 0 Å². The summed E-state index contributed by atoms with van der Waals surface area (Å²) in [5, 5.41) is 0. The van der Waals surface area contributed by atoms with E-state index in [0.717, 1.165) is 122 Å². The minimum absolute atomic E-state index is 0.0239. The molecular weight excluding hydrogens is 1300 g/mol. The van der Waals surface area contributed by atoms with Crippen molar-refractivity contribution >= 4 is 19.8 Å². The van der Waals surface area contributed by atoms with E-state index in [4.69, 9.17) is 18.5 Å². The molecule has 0 aromatic rings. The Kier molecular flexibility index (Phi) is 79.2. The number of phosphoric acid groups is 1. The van der Waals surface area contributed by atoms with E-state index < -0.39 is 26.5 Å². The standard InChI is InChI=1S/C94H162NO8P/c1-6-8-10-12-14-16-18-20-22-24-26-28-30-32-34-36-38-40-42-44-46-47-49-51-53-55-57-59-61-63-65-67-69-71-73-75-77-79-81-83-85-87-94(97)103-92(91-102-104(98,99)101-89-88-95(3,4)5)90-100-93(96)86-84-82-80-78-76-74-72-70-68-66-64-62-60-58-56-54-52-50-48-45-43-41-39-37-35-33-31-29-27-25-23-21-19-17-15-13-11-9-7-2/h8,10,14,16,19-22,25-28,32,34,38,40,44,46,49,51,55,57,61,63,67,69,92H,6-7,9,11-13,15,17-18,23-24,29-31,33,35-37,39,41-43,45,47-48,50,52-54,56,58-60,62,64-66,68,70-91H2,1-5H3/p+1/b10-8-,16-14-,21-19-,22-20-,27-25-,28-26-,34-32-,40-38-,46-44-,51-49-,57-55-,63-61-,69-67-. The number of hydrogen-bond donors (Lipinski definition) is 1. The lowest BCUT2D eigenvalue weighted by atomic mass is 10.0. The summed E-state index contributed by atoms with van der Waals surface area (Å²) in [5.41, 5.74) is 0. The minimum atomic E-state index is -4.41. The Hall–Kier alpha value is -4.37. The van der Waals surface area contributed by atoms with Gasteiger partial charge in [-0.2, -0.15) is 0 Å². The van der Waals surface area contributed by atoms with Gasteiger partial charge in [0.1, 0.15) is 19.8 Å². The molecule has 0 aromatic heterocycles. The Bertz CT molecular complexity index is 2320. The van der Waals surface area contributed by atoms with Gasteiger partial charge in [0.25, 0.3) is 0 Å². The third-order valence-electron chi connectivity index (χ3n) is 18.5. The van der Waals surface area contributed by atoms with Crippen LogP contribution in [0.5, 0.6) is 0 Å². The second-order valence-electron chi connectivity index (χ2n) is 29.8. The molecule has 0 aromatic carbocycles. The van der Waals surface area contributed by atoms with Gasteiger partial charge in [-0.15, -0.1) is 0 Å². The number of esters is 2. The summed E-state index contributed by atoms with van der Waals surface area (Å²) in [7, 11) is 1.47. The van der Waals surface area contributed by atoms with Crippen LogP contribution in [0.4, 0.5) is 0 Å². The van der Waals surface area contributed by atoms with Crippen molar-refractivity contribution in [2.75, 3.05) is 47.5 Å². The average Bonchev–Trinajstić information content (AvgIpc) is 0.920. The lowest BCUT2D eigenvalue weighted by Gasteiger charge is -2.24. The van der Waals surface area contributed by atoms with Crippen molar-refractivity contribution in [3.63, 3.8) is 0 Å². The molecule has 0 aliphatic heterocycles. The minimum Gasteiger partial charge on any atom is -0.462 e. The number of carbonyl (C=O) groups is 2. The van der Waals surface area contributed by atoms with E-state index in [2.05, 4.69) is 172 Å². The van der Waals surface area contributed by atoms with E-state index in [0.29, 0.717) is 17.4 Å². The SMILES string of the molecule is CC/C=C\C/C=C\C/C=C\C/C=C\C/C=C\C/C=C\C/C=C\C/C=C\C/C=C\C/C=C\C/C=C\CCCCCCCCCC(=O)OC(COC(=O)CCCCCCCCCCCCCCCCCCCCCCCCCCCCC/C=C\C/C=C\CCCCCCC)COP(=O)(O)OCC[N+](C)(C)C. The fraction of sp³-hybridized carbons (Fsp3) is 0.702. The number of nitrogens with zero attached hydrogens (tertiary/aromatic N) is 1.